The van der Waals surface area contributed by atoms with Gasteiger partial charge in [0.1, 0.15) is 11.9 Å². The summed E-state index contributed by atoms with van der Waals surface area (Å²) in [5, 5.41) is 7.95. The van der Waals surface area contributed by atoms with Gasteiger partial charge in [0.25, 0.3) is 0 Å². The molecule has 0 aliphatic carbocycles. The largest absolute Gasteiger partial charge is 0.348 e. The number of anilines is 1. The van der Waals surface area contributed by atoms with E-state index < -0.39 is 0 Å². The number of nitrogens with zero attached hydrogens (tertiary/aromatic N) is 2. The van der Waals surface area contributed by atoms with Crippen molar-refractivity contribution in [1.82, 2.24) is 14.9 Å². The third-order valence-corrected chi connectivity index (χ3v) is 4.71. The molecule has 2 aromatic carbocycles. The van der Waals surface area contributed by atoms with E-state index in [4.69, 9.17) is 23.8 Å². The van der Waals surface area contributed by atoms with Crippen LogP contribution in [0.1, 0.15) is 29.9 Å². The fourth-order valence-electron chi connectivity index (χ4n) is 2.85. The Morgan fingerprint density at radius 3 is 2.58 bits per heavy atom. The van der Waals surface area contributed by atoms with Crippen LogP contribution in [0.5, 0.6) is 0 Å². The summed E-state index contributed by atoms with van der Waals surface area (Å²) in [4.78, 5) is 4.49. The summed E-state index contributed by atoms with van der Waals surface area (Å²) >= 11 is 11.6. The SMILES string of the molecule is CCc1ccccc1NC(=S)N[C@H](c1ccc(Cl)cc1)c1nccn1C. The molecule has 3 rings (SSSR count). The van der Waals surface area contributed by atoms with Gasteiger partial charge in [0.2, 0.25) is 0 Å². The minimum absolute atomic E-state index is 0.180. The zero-order chi connectivity index (χ0) is 18.5. The van der Waals surface area contributed by atoms with E-state index in [1.54, 1.807) is 6.20 Å². The Labute approximate surface area is 164 Å². The maximum Gasteiger partial charge on any atom is 0.171 e. The lowest BCUT2D eigenvalue weighted by Crippen LogP contribution is -2.34. The van der Waals surface area contributed by atoms with Crippen LogP contribution in [0, 0.1) is 0 Å². The number of hydrogen-bond donors (Lipinski definition) is 2. The molecule has 0 bridgehead atoms. The van der Waals surface area contributed by atoms with Crippen molar-refractivity contribution in [3.63, 3.8) is 0 Å². The zero-order valence-electron chi connectivity index (χ0n) is 14.7. The van der Waals surface area contributed by atoms with Crippen molar-refractivity contribution in [2.75, 3.05) is 5.32 Å². The van der Waals surface area contributed by atoms with Crippen molar-refractivity contribution in [1.29, 1.82) is 0 Å². The second-order valence-electron chi connectivity index (χ2n) is 5.99. The Bertz CT molecular complexity index is 889. The molecule has 0 spiro atoms. The number of thiocarbonyl (C=S) groups is 1. The summed E-state index contributed by atoms with van der Waals surface area (Å²) in [5.41, 5.74) is 3.27. The van der Waals surface area contributed by atoms with Crippen molar-refractivity contribution in [2.24, 2.45) is 7.05 Å². The number of imidazole rings is 1. The first-order chi connectivity index (χ1) is 12.6. The lowest BCUT2D eigenvalue weighted by molar-refractivity contribution is 0.664. The van der Waals surface area contributed by atoms with Crippen LogP contribution in [0.2, 0.25) is 5.02 Å². The number of aryl methyl sites for hydroxylation is 2. The number of nitrogens with one attached hydrogen (secondary N) is 2. The van der Waals surface area contributed by atoms with Gasteiger partial charge in [-0.1, -0.05) is 48.9 Å². The van der Waals surface area contributed by atoms with E-state index in [-0.39, 0.29) is 6.04 Å². The van der Waals surface area contributed by atoms with Gasteiger partial charge in [0.05, 0.1) is 0 Å². The summed E-state index contributed by atoms with van der Waals surface area (Å²) in [5.74, 6) is 0.875. The Hall–Kier alpha value is -2.37. The predicted molar refractivity (Wildman–Crippen MR) is 112 cm³/mol. The van der Waals surface area contributed by atoms with Crippen LogP contribution in [0.15, 0.2) is 60.9 Å². The predicted octanol–water partition coefficient (Wildman–Crippen LogP) is 4.71. The number of rotatable bonds is 5. The number of benzene rings is 2. The highest BCUT2D eigenvalue weighted by Gasteiger charge is 2.19. The Morgan fingerprint density at radius 2 is 1.92 bits per heavy atom. The van der Waals surface area contributed by atoms with E-state index in [1.165, 1.54) is 5.56 Å². The molecule has 0 saturated heterocycles. The summed E-state index contributed by atoms with van der Waals surface area (Å²) < 4.78 is 1.98. The molecule has 0 aliphatic heterocycles. The van der Waals surface area contributed by atoms with Crippen LogP contribution in [0.25, 0.3) is 0 Å². The van der Waals surface area contributed by atoms with Crippen LogP contribution in [-0.2, 0) is 13.5 Å². The van der Waals surface area contributed by atoms with Crippen molar-refractivity contribution < 1.29 is 0 Å². The van der Waals surface area contributed by atoms with Crippen molar-refractivity contribution in [3.05, 3.63) is 82.9 Å². The van der Waals surface area contributed by atoms with Gasteiger partial charge in [0, 0.05) is 30.2 Å². The molecule has 0 radical (unpaired) electrons. The second-order valence-corrected chi connectivity index (χ2v) is 6.83. The molecule has 134 valence electrons. The molecule has 0 unspecified atom stereocenters. The second kappa shape index (κ2) is 8.34. The standard InChI is InChI=1S/C20H21ClN4S/c1-3-14-6-4-5-7-17(14)23-20(26)24-18(19-22-12-13-25(19)2)15-8-10-16(21)11-9-15/h4-13,18H,3H2,1-2H3,(H2,23,24,26)/t18-/m1/s1. The Morgan fingerprint density at radius 1 is 1.19 bits per heavy atom. The van der Waals surface area contributed by atoms with Crippen molar-refractivity contribution >= 4 is 34.6 Å². The van der Waals surface area contributed by atoms with E-state index in [0.717, 1.165) is 23.5 Å². The van der Waals surface area contributed by atoms with Gasteiger partial charge in [0.15, 0.2) is 5.11 Å². The maximum atomic E-state index is 6.04. The highest BCUT2D eigenvalue weighted by Crippen LogP contribution is 2.23. The molecule has 1 atom stereocenters. The van der Waals surface area contributed by atoms with E-state index in [0.29, 0.717) is 10.1 Å². The van der Waals surface area contributed by atoms with E-state index in [1.807, 2.05) is 60.3 Å². The van der Waals surface area contributed by atoms with Crippen LogP contribution >= 0.6 is 23.8 Å². The fourth-order valence-corrected chi connectivity index (χ4v) is 3.20. The summed E-state index contributed by atoms with van der Waals surface area (Å²) in [6, 6.07) is 15.7. The van der Waals surface area contributed by atoms with Crippen LogP contribution in [0.3, 0.4) is 0 Å². The molecule has 0 amide bonds. The fraction of sp³-hybridized carbons (Fsp3) is 0.200. The first-order valence-electron chi connectivity index (χ1n) is 8.46. The topological polar surface area (TPSA) is 41.9 Å². The van der Waals surface area contributed by atoms with Gasteiger partial charge in [-0.05, 0) is 48.0 Å². The van der Waals surface area contributed by atoms with E-state index >= 15 is 0 Å². The molecular formula is C20H21ClN4S. The molecule has 0 aliphatic rings. The minimum Gasteiger partial charge on any atom is -0.348 e. The first-order valence-corrected chi connectivity index (χ1v) is 9.25. The van der Waals surface area contributed by atoms with Gasteiger partial charge >= 0.3 is 0 Å². The average molecular weight is 385 g/mol. The maximum absolute atomic E-state index is 6.04. The van der Waals surface area contributed by atoms with Crippen LogP contribution in [-0.4, -0.2) is 14.7 Å². The molecule has 1 heterocycles. The molecule has 4 nitrogen and oxygen atoms in total. The van der Waals surface area contributed by atoms with Crippen LogP contribution < -0.4 is 10.6 Å². The third kappa shape index (κ3) is 4.23. The number of halogens is 1. The zero-order valence-corrected chi connectivity index (χ0v) is 16.3. The van der Waals surface area contributed by atoms with Gasteiger partial charge in [-0.3, -0.25) is 0 Å². The molecule has 0 saturated carbocycles. The Balaban J connectivity index is 1.85. The lowest BCUT2D eigenvalue weighted by atomic mass is 10.1. The molecule has 1 aromatic heterocycles. The van der Waals surface area contributed by atoms with Gasteiger partial charge in [-0.15, -0.1) is 0 Å². The van der Waals surface area contributed by atoms with Gasteiger partial charge in [-0.25, -0.2) is 4.98 Å². The summed E-state index contributed by atoms with van der Waals surface area (Å²) in [7, 11) is 1.97. The molecule has 0 fully saturated rings. The number of para-hydroxylation sites is 1. The summed E-state index contributed by atoms with van der Waals surface area (Å²) in [6.07, 6.45) is 4.64. The minimum atomic E-state index is -0.180. The molecule has 6 heteroatoms. The number of hydrogen-bond acceptors (Lipinski definition) is 2. The smallest absolute Gasteiger partial charge is 0.171 e. The van der Waals surface area contributed by atoms with E-state index in [2.05, 4.69) is 28.6 Å². The molecule has 2 N–H and O–H groups in total. The quantitative estimate of drug-likeness (QED) is 0.625. The van der Waals surface area contributed by atoms with Gasteiger partial charge in [-0.2, -0.15) is 0 Å². The molecular weight excluding hydrogens is 364 g/mol. The monoisotopic (exact) mass is 384 g/mol. The molecule has 26 heavy (non-hydrogen) atoms. The molecule has 3 aromatic rings. The highest BCUT2D eigenvalue weighted by atomic mass is 35.5. The number of aromatic nitrogens is 2. The average Bonchev–Trinajstić information content (AvgIpc) is 3.07. The van der Waals surface area contributed by atoms with Crippen molar-refractivity contribution in [3.8, 4) is 0 Å². The lowest BCUT2D eigenvalue weighted by Gasteiger charge is -2.22. The first kappa shape index (κ1) is 18.4. The highest BCUT2D eigenvalue weighted by molar-refractivity contribution is 7.80. The third-order valence-electron chi connectivity index (χ3n) is 4.24. The van der Waals surface area contributed by atoms with Crippen molar-refractivity contribution in [2.45, 2.75) is 19.4 Å². The normalized spacial score (nSPS) is 11.8. The van der Waals surface area contributed by atoms with Gasteiger partial charge < -0.3 is 15.2 Å². The Kier molecular flexibility index (Phi) is 5.91. The van der Waals surface area contributed by atoms with Crippen LogP contribution in [0.4, 0.5) is 5.69 Å². The van der Waals surface area contributed by atoms with E-state index in [9.17, 15) is 0 Å². The summed E-state index contributed by atoms with van der Waals surface area (Å²) in [6.45, 7) is 2.13.